The van der Waals surface area contributed by atoms with Crippen molar-refractivity contribution in [3.8, 4) is 0 Å². The smallest absolute Gasteiger partial charge is 0.256 e. The quantitative estimate of drug-likeness (QED) is 0.363. The summed E-state index contributed by atoms with van der Waals surface area (Å²) in [6, 6.07) is 13.8. The van der Waals surface area contributed by atoms with Crippen LogP contribution >= 0.6 is 27.5 Å². The van der Waals surface area contributed by atoms with Crippen molar-refractivity contribution in [2.75, 3.05) is 5.32 Å². The maximum atomic E-state index is 13.9. The predicted octanol–water partition coefficient (Wildman–Crippen LogP) is 5.60. The van der Waals surface area contributed by atoms with Gasteiger partial charge in [-0.05, 0) is 53.5 Å². The van der Waals surface area contributed by atoms with E-state index in [1.807, 2.05) is 30.7 Å². The van der Waals surface area contributed by atoms with Crippen LogP contribution in [-0.2, 0) is 13.1 Å². The number of aromatic nitrogens is 4. The largest absolute Gasteiger partial charge is 0.304 e. The molecule has 0 fully saturated rings. The zero-order chi connectivity index (χ0) is 22.8. The van der Waals surface area contributed by atoms with E-state index in [0.29, 0.717) is 33.0 Å². The summed E-state index contributed by atoms with van der Waals surface area (Å²) in [6.45, 7) is 4.61. The summed E-state index contributed by atoms with van der Waals surface area (Å²) < 4.78 is 17.9. The van der Waals surface area contributed by atoms with Gasteiger partial charge in [-0.2, -0.15) is 10.2 Å². The van der Waals surface area contributed by atoms with Crippen LogP contribution < -0.4 is 5.32 Å². The first kappa shape index (κ1) is 22.2. The highest BCUT2D eigenvalue weighted by atomic mass is 79.9. The van der Waals surface area contributed by atoms with Gasteiger partial charge in [-0.15, -0.1) is 0 Å². The molecule has 0 spiro atoms. The third-order valence-electron chi connectivity index (χ3n) is 5.08. The average molecular weight is 517 g/mol. The molecular formula is C23H20BrClFN5O. The lowest BCUT2D eigenvalue weighted by molar-refractivity contribution is 0.102. The molecule has 0 radical (unpaired) electrons. The molecule has 0 unspecified atom stereocenters. The Kier molecular flexibility index (Phi) is 6.43. The first-order valence-corrected chi connectivity index (χ1v) is 11.0. The van der Waals surface area contributed by atoms with Crippen LogP contribution in [0.1, 0.15) is 32.9 Å². The number of nitrogens with one attached hydrogen (secondary N) is 1. The fourth-order valence-corrected chi connectivity index (χ4v) is 3.86. The van der Waals surface area contributed by atoms with E-state index >= 15 is 0 Å². The van der Waals surface area contributed by atoms with E-state index in [9.17, 15) is 9.18 Å². The van der Waals surface area contributed by atoms with Crippen molar-refractivity contribution >= 4 is 39.3 Å². The molecule has 0 saturated carbocycles. The minimum Gasteiger partial charge on any atom is -0.304 e. The third-order valence-corrected chi connectivity index (χ3v) is 6.21. The molecule has 1 N–H and O–H groups in total. The van der Waals surface area contributed by atoms with Crippen molar-refractivity contribution in [3.63, 3.8) is 0 Å². The Labute approximate surface area is 198 Å². The summed E-state index contributed by atoms with van der Waals surface area (Å²) in [5.41, 5.74) is 3.71. The van der Waals surface area contributed by atoms with Crippen molar-refractivity contribution in [1.82, 2.24) is 19.6 Å². The molecule has 0 bridgehead atoms. The van der Waals surface area contributed by atoms with Crippen molar-refractivity contribution in [3.05, 3.63) is 98.1 Å². The summed E-state index contributed by atoms with van der Waals surface area (Å²) in [6.07, 6.45) is 1.70. The third kappa shape index (κ3) is 4.76. The molecule has 2 aromatic heterocycles. The fourth-order valence-electron chi connectivity index (χ4n) is 3.31. The number of carbonyl (C=O) groups excluding carboxylic acids is 1. The van der Waals surface area contributed by atoms with Crippen molar-refractivity contribution in [2.45, 2.75) is 26.9 Å². The molecule has 6 nitrogen and oxygen atoms in total. The van der Waals surface area contributed by atoms with Gasteiger partial charge in [-0.25, -0.2) is 4.39 Å². The molecule has 0 saturated heterocycles. The number of rotatable bonds is 6. The summed E-state index contributed by atoms with van der Waals surface area (Å²) in [5.74, 6) is -0.220. The maximum Gasteiger partial charge on any atom is 0.256 e. The van der Waals surface area contributed by atoms with Gasteiger partial charge in [0.25, 0.3) is 5.91 Å². The summed E-state index contributed by atoms with van der Waals surface area (Å²) in [4.78, 5) is 12.7. The topological polar surface area (TPSA) is 64.7 Å². The van der Waals surface area contributed by atoms with E-state index < -0.39 is 0 Å². The zero-order valence-corrected chi connectivity index (χ0v) is 19.8. The molecule has 0 aliphatic carbocycles. The number of amides is 1. The predicted molar refractivity (Wildman–Crippen MR) is 126 cm³/mol. The number of nitrogens with zero attached hydrogens (tertiary/aromatic N) is 4. The molecular weight excluding hydrogens is 497 g/mol. The first-order chi connectivity index (χ1) is 15.3. The monoisotopic (exact) mass is 515 g/mol. The molecule has 0 aliphatic rings. The Morgan fingerprint density at radius 3 is 2.47 bits per heavy atom. The first-order valence-electron chi connectivity index (χ1n) is 9.88. The number of benzene rings is 2. The lowest BCUT2D eigenvalue weighted by atomic mass is 10.1. The SMILES string of the molecule is Cc1nn(Cc2ccc(C(=O)Nc3nn(Cc4ccccc4F)cc3Br)cc2)c(C)c1Cl. The maximum absolute atomic E-state index is 13.9. The molecule has 0 aliphatic heterocycles. The van der Waals surface area contributed by atoms with Gasteiger partial charge in [-0.1, -0.05) is 41.9 Å². The summed E-state index contributed by atoms with van der Waals surface area (Å²) in [7, 11) is 0. The van der Waals surface area contributed by atoms with Crippen molar-refractivity contribution in [1.29, 1.82) is 0 Å². The Hall–Kier alpha value is -2.97. The second kappa shape index (κ2) is 9.26. The van der Waals surface area contributed by atoms with Gasteiger partial charge in [0.2, 0.25) is 0 Å². The van der Waals surface area contributed by atoms with E-state index in [1.165, 1.54) is 6.07 Å². The van der Waals surface area contributed by atoms with Crippen LogP contribution in [0.4, 0.5) is 10.2 Å². The zero-order valence-electron chi connectivity index (χ0n) is 17.4. The van der Waals surface area contributed by atoms with Crippen LogP contribution in [0.2, 0.25) is 5.02 Å². The van der Waals surface area contributed by atoms with Crippen LogP contribution in [-0.4, -0.2) is 25.5 Å². The second-order valence-corrected chi connectivity index (χ2v) is 8.64. The Morgan fingerprint density at radius 1 is 1.09 bits per heavy atom. The molecule has 1 amide bonds. The van der Waals surface area contributed by atoms with Crippen LogP contribution in [0.5, 0.6) is 0 Å². The number of carbonyl (C=O) groups is 1. The van der Waals surface area contributed by atoms with Gasteiger partial charge in [0.1, 0.15) is 5.82 Å². The molecule has 2 heterocycles. The van der Waals surface area contributed by atoms with Gasteiger partial charge in [0.15, 0.2) is 5.82 Å². The van der Waals surface area contributed by atoms with Crippen LogP contribution in [0.25, 0.3) is 0 Å². The highest BCUT2D eigenvalue weighted by Crippen LogP contribution is 2.23. The van der Waals surface area contributed by atoms with E-state index in [0.717, 1.165) is 17.0 Å². The number of hydrogen-bond acceptors (Lipinski definition) is 3. The second-order valence-electron chi connectivity index (χ2n) is 7.41. The van der Waals surface area contributed by atoms with E-state index in [4.69, 9.17) is 11.6 Å². The van der Waals surface area contributed by atoms with Gasteiger partial charge < -0.3 is 5.32 Å². The Morgan fingerprint density at radius 2 is 1.81 bits per heavy atom. The molecule has 4 aromatic rings. The highest BCUT2D eigenvalue weighted by molar-refractivity contribution is 9.10. The van der Waals surface area contributed by atoms with Gasteiger partial charge in [0, 0.05) is 17.3 Å². The minimum atomic E-state index is -0.299. The lowest BCUT2D eigenvalue weighted by Crippen LogP contribution is -2.13. The van der Waals surface area contributed by atoms with Gasteiger partial charge >= 0.3 is 0 Å². The number of aryl methyl sites for hydroxylation is 1. The normalized spacial score (nSPS) is 11.0. The standard InChI is InChI=1S/C23H20BrClFN5O/c1-14-21(25)15(2)31(28-14)11-16-7-9-17(10-8-16)23(32)27-22-19(24)13-30(29-22)12-18-5-3-4-6-20(18)26/h3-10,13H,11-12H2,1-2H3,(H,27,29,32). The highest BCUT2D eigenvalue weighted by Gasteiger charge is 2.14. The molecule has 164 valence electrons. The molecule has 4 rings (SSSR count). The Balaban J connectivity index is 1.43. The summed E-state index contributed by atoms with van der Waals surface area (Å²) >= 11 is 9.61. The van der Waals surface area contributed by atoms with Gasteiger partial charge in [-0.3, -0.25) is 14.2 Å². The van der Waals surface area contributed by atoms with Crippen LogP contribution in [0.15, 0.2) is 59.2 Å². The fraction of sp³-hybridized carbons (Fsp3) is 0.174. The van der Waals surface area contributed by atoms with Crippen LogP contribution in [0, 0.1) is 19.7 Å². The number of anilines is 1. The molecule has 32 heavy (non-hydrogen) atoms. The van der Waals surface area contributed by atoms with E-state index in [-0.39, 0.29) is 18.3 Å². The van der Waals surface area contributed by atoms with E-state index in [1.54, 1.807) is 41.2 Å². The van der Waals surface area contributed by atoms with Crippen molar-refractivity contribution in [2.24, 2.45) is 0 Å². The minimum absolute atomic E-state index is 0.256. The Bertz CT molecular complexity index is 1280. The molecule has 0 atom stereocenters. The molecule has 2 aromatic carbocycles. The van der Waals surface area contributed by atoms with Crippen molar-refractivity contribution < 1.29 is 9.18 Å². The average Bonchev–Trinajstić information content (AvgIpc) is 3.23. The summed E-state index contributed by atoms with van der Waals surface area (Å²) in [5, 5.41) is 12.2. The lowest BCUT2D eigenvalue weighted by Gasteiger charge is -2.07. The van der Waals surface area contributed by atoms with E-state index in [2.05, 4.69) is 31.4 Å². The number of halogens is 3. The molecule has 9 heteroatoms. The van der Waals surface area contributed by atoms with Gasteiger partial charge in [0.05, 0.1) is 34.0 Å². The number of hydrogen-bond donors (Lipinski definition) is 1. The van der Waals surface area contributed by atoms with Crippen LogP contribution in [0.3, 0.4) is 0 Å².